The van der Waals surface area contributed by atoms with Crippen LogP contribution in [0.25, 0.3) is 10.9 Å². The Morgan fingerprint density at radius 1 is 0.870 bits per heavy atom. The van der Waals surface area contributed by atoms with Gasteiger partial charge in [-0.15, -0.1) is 6.42 Å². The van der Waals surface area contributed by atoms with E-state index in [1.54, 1.807) is 44.9 Å². The van der Waals surface area contributed by atoms with Crippen molar-refractivity contribution in [3.63, 3.8) is 0 Å². The van der Waals surface area contributed by atoms with E-state index in [2.05, 4.69) is 26.1 Å². The fourth-order valence-electron chi connectivity index (χ4n) is 13.5. The summed E-state index contributed by atoms with van der Waals surface area (Å²) in [5.41, 5.74) is 3.23. The molecule has 8 rings (SSSR count). The third kappa shape index (κ3) is 17.8. The first-order valence-electron chi connectivity index (χ1n) is 32.4. The third-order valence-electron chi connectivity index (χ3n) is 19.0. The number of amides is 2. The number of rotatable bonds is 19. The van der Waals surface area contributed by atoms with Crippen molar-refractivity contribution in [2.45, 2.75) is 160 Å². The van der Waals surface area contributed by atoms with Crippen molar-refractivity contribution in [1.29, 1.82) is 0 Å². The topological polar surface area (TPSA) is 303 Å². The highest BCUT2D eigenvalue weighted by Crippen LogP contribution is 2.41. The number of methoxy groups -OCH3 is 2. The maximum absolute atomic E-state index is 14.8. The average molecular weight is 1280 g/mol. The second kappa shape index (κ2) is 33.2. The molecule has 0 radical (unpaired) electrons. The number of nitrogens with one attached hydrogen (secondary N) is 1. The fraction of sp³-hybridized carbons (Fsp3) is 0.609. The van der Waals surface area contributed by atoms with Gasteiger partial charge >= 0.3 is 5.97 Å². The number of benzene rings is 2. The number of aliphatic hydroxyl groups is 4. The number of cyclic esters (lactones) is 1. The van der Waals surface area contributed by atoms with Crippen LogP contribution in [0.5, 0.6) is 11.5 Å². The highest BCUT2D eigenvalue weighted by Gasteiger charge is 2.56. The van der Waals surface area contributed by atoms with Crippen molar-refractivity contribution in [3.8, 4) is 23.8 Å². The number of ketones is 2. The van der Waals surface area contributed by atoms with E-state index in [0.717, 1.165) is 10.6 Å². The van der Waals surface area contributed by atoms with Crippen molar-refractivity contribution in [3.05, 3.63) is 71.6 Å². The summed E-state index contributed by atoms with van der Waals surface area (Å²) in [6, 6.07) is 9.78. The zero-order chi connectivity index (χ0) is 66.2. The van der Waals surface area contributed by atoms with E-state index < -0.39 is 102 Å². The number of fused-ring (bicyclic) bond motifs is 4. The lowest BCUT2D eigenvalue weighted by Gasteiger charge is -2.45. The number of piperazine rings is 1. The van der Waals surface area contributed by atoms with Gasteiger partial charge in [-0.05, 0) is 120 Å². The van der Waals surface area contributed by atoms with Crippen molar-refractivity contribution in [2.75, 3.05) is 78.6 Å². The van der Waals surface area contributed by atoms with Gasteiger partial charge in [-0.2, -0.15) is 0 Å². The molecule has 3 saturated heterocycles. The Morgan fingerprint density at radius 3 is 2.36 bits per heavy atom. The zero-order valence-corrected chi connectivity index (χ0v) is 53.8. The summed E-state index contributed by atoms with van der Waals surface area (Å²) in [4.78, 5) is 111. The number of aliphatic hydroxyl groups excluding tert-OH is 3. The standard InChI is InChI=1S/C69H92N6O17/c1-8-46-13-11-15-51(33-46)72-66-52-36-60(61(90-28-27-87-6)37-53(52)70-41-71-66)89-26-25-73-21-23-74(24-22-73)62(82)17-12-14-49-30-42(2)29-48(39-76)34-58(81)64-50(40-77)32-44(4)69(86,92-64)65(83)67(84)75-20-10-9-16-54(75)68(85)91-63(45(5)56(79)38-57(49)80)43(3)31-47-18-19-55(78)59(35-47)88-7/h1,11,13,15,30-31,33,36-37,39-41,44-45,47-50,54-56,58-59,63-64,78-79,81,86H,9-10,12,14,16-29,32,34-35,38H2,2-7H3,(H,70,71,72)/b42-30+,43-31+/t44-,45-,47+,48+,49-,50-,54+,55-,56+,58+,59-,63-,64+,69-/m1/s1. The highest BCUT2D eigenvalue weighted by molar-refractivity contribution is 6.39. The lowest BCUT2D eigenvalue weighted by molar-refractivity contribution is -0.286. The van der Waals surface area contributed by atoms with Gasteiger partial charge < -0.3 is 73.6 Å². The van der Waals surface area contributed by atoms with E-state index in [1.165, 1.54) is 20.4 Å². The number of carbonyl (C=O) groups is 7. The van der Waals surface area contributed by atoms with Gasteiger partial charge in [-0.1, -0.05) is 43.6 Å². The molecule has 4 aliphatic heterocycles. The Balaban J connectivity index is 0.969. The van der Waals surface area contributed by atoms with Crippen molar-refractivity contribution in [2.24, 2.45) is 35.5 Å². The lowest BCUT2D eigenvalue weighted by Crippen LogP contribution is -2.63. The van der Waals surface area contributed by atoms with Gasteiger partial charge in [0, 0.05) is 119 Å². The molecule has 23 heteroatoms. The van der Waals surface area contributed by atoms with Gasteiger partial charge in [0.25, 0.3) is 11.7 Å². The minimum atomic E-state index is -2.82. The van der Waals surface area contributed by atoms with Crippen LogP contribution in [-0.2, 0) is 52.5 Å². The number of terminal acetylenes is 1. The van der Waals surface area contributed by atoms with E-state index in [1.807, 2.05) is 36.4 Å². The molecule has 5 aliphatic rings. The number of hydrogen-bond acceptors (Lipinski definition) is 21. The van der Waals surface area contributed by atoms with Crippen LogP contribution >= 0.6 is 0 Å². The quantitative estimate of drug-likeness (QED) is 0.0248. The Morgan fingerprint density at radius 2 is 1.63 bits per heavy atom. The predicted molar refractivity (Wildman–Crippen MR) is 339 cm³/mol. The van der Waals surface area contributed by atoms with Gasteiger partial charge in [-0.25, -0.2) is 14.8 Å². The van der Waals surface area contributed by atoms with E-state index in [4.69, 9.17) is 34.8 Å². The Hall–Kier alpha value is -7.01. The summed E-state index contributed by atoms with van der Waals surface area (Å²) in [6.07, 6.45) is 7.50. The number of aldehydes is 2. The molecular weight excluding hydrogens is 1180 g/mol. The van der Waals surface area contributed by atoms with Crippen molar-refractivity contribution in [1.82, 2.24) is 24.7 Å². The van der Waals surface area contributed by atoms with Gasteiger partial charge in [0.1, 0.15) is 55.9 Å². The fourth-order valence-corrected chi connectivity index (χ4v) is 13.5. The number of hydrogen-bond donors (Lipinski definition) is 5. The summed E-state index contributed by atoms with van der Waals surface area (Å²) in [5, 5.41) is 50.6. The first kappa shape index (κ1) is 70.9. The number of esters is 1. The number of anilines is 2. The molecule has 5 N–H and O–H groups in total. The van der Waals surface area contributed by atoms with Crippen LogP contribution in [0.2, 0.25) is 0 Å². The summed E-state index contributed by atoms with van der Waals surface area (Å²) < 4.78 is 35.6. The number of carbonyl (C=O) groups excluding carboxylic acids is 7. The average Bonchev–Trinajstić information content (AvgIpc) is 0.787. The Bertz CT molecular complexity index is 3180. The number of Topliss-reactive ketones (excluding diaryl/α,β-unsaturated/α-hetero) is 2. The summed E-state index contributed by atoms with van der Waals surface area (Å²) in [7, 11) is 3.12. The van der Waals surface area contributed by atoms with Crippen LogP contribution in [0.4, 0.5) is 11.5 Å². The molecule has 1 aliphatic carbocycles. The van der Waals surface area contributed by atoms with Crippen LogP contribution < -0.4 is 14.8 Å². The van der Waals surface area contributed by atoms with Crippen LogP contribution in [-0.4, -0.2) is 209 Å². The molecular formula is C69H92N6O17. The van der Waals surface area contributed by atoms with E-state index in [-0.39, 0.29) is 75.7 Å². The molecule has 2 aromatic carbocycles. The molecule has 500 valence electrons. The molecule has 23 nitrogen and oxygen atoms in total. The lowest BCUT2D eigenvalue weighted by atomic mass is 9.78. The normalized spacial score (nSPS) is 30.8. The van der Waals surface area contributed by atoms with Crippen molar-refractivity contribution < 1.29 is 82.4 Å². The molecule has 14 atom stereocenters. The first-order chi connectivity index (χ1) is 44.2. The molecule has 1 saturated carbocycles. The molecule has 2 amide bonds. The van der Waals surface area contributed by atoms with Gasteiger partial charge in [0.2, 0.25) is 11.7 Å². The van der Waals surface area contributed by atoms with Crippen molar-refractivity contribution >= 4 is 64.3 Å². The maximum Gasteiger partial charge on any atom is 0.329 e. The number of piperidine rings is 1. The number of ether oxygens (including phenoxy) is 6. The second-order valence-electron chi connectivity index (χ2n) is 25.6. The molecule has 3 aromatic rings. The first-order valence-corrected chi connectivity index (χ1v) is 32.4. The predicted octanol–water partition coefficient (Wildman–Crippen LogP) is 5.47. The summed E-state index contributed by atoms with van der Waals surface area (Å²) >= 11 is 0. The Labute approximate surface area is 538 Å². The van der Waals surface area contributed by atoms with E-state index in [0.29, 0.717) is 136 Å². The van der Waals surface area contributed by atoms with Gasteiger partial charge in [0.05, 0.1) is 42.6 Å². The molecule has 2 bridgehead atoms. The monoisotopic (exact) mass is 1280 g/mol. The SMILES string of the molecule is C#Cc1cccc(Nc2ncnc3cc(OCCOC)c(OCCN4CCN(C(=O)CCC[C@@H]5/C=C(\C)C[C@H](C=O)C[C@H](O)[C@H]6O[C@@](O)(C(=O)C(=O)N7CCCC[C@H]7C(=O)O[C@H](/C(C)=C/[C@@H]7CC[C@@H](O)[C@H](OC)C7)[C@H](C)[C@@H](O)CC5=O)[C@H](C)C[C@@H]6C=O)CC4)cc23)c1. The molecule has 0 unspecified atom stereocenters. The Kier molecular flexibility index (Phi) is 25.6. The molecule has 5 heterocycles. The van der Waals surface area contributed by atoms with Crippen LogP contribution in [0.3, 0.4) is 0 Å². The molecule has 92 heavy (non-hydrogen) atoms. The number of allylic oxidation sites excluding steroid dienone is 3. The van der Waals surface area contributed by atoms with Crippen LogP contribution in [0.15, 0.2) is 66.0 Å². The van der Waals surface area contributed by atoms with Crippen LogP contribution in [0, 0.1) is 47.9 Å². The van der Waals surface area contributed by atoms with E-state index >= 15 is 0 Å². The smallest absolute Gasteiger partial charge is 0.329 e. The minimum Gasteiger partial charge on any atom is -0.488 e. The number of aromatic nitrogens is 2. The summed E-state index contributed by atoms with van der Waals surface area (Å²) in [5.74, 6) is -7.53. The molecule has 4 fully saturated rings. The minimum absolute atomic E-state index is 0.0388. The zero-order valence-electron chi connectivity index (χ0n) is 53.8. The van der Waals surface area contributed by atoms with Gasteiger partial charge in [-0.3, -0.25) is 24.1 Å². The highest BCUT2D eigenvalue weighted by atomic mass is 16.6. The molecule has 0 spiro atoms. The number of nitrogens with zero attached hydrogens (tertiary/aromatic N) is 5. The summed E-state index contributed by atoms with van der Waals surface area (Å²) in [6.45, 7) is 10.1. The second-order valence-corrected chi connectivity index (χ2v) is 25.6. The largest absolute Gasteiger partial charge is 0.488 e. The third-order valence-corrected chi connectivity index (χ3v) is 19.0. The maximum atomic E-state index is 14.8. The van der Waals surface area contributed by atoms with Crippen LogP contribution in [0.1, 0.15) is 117 Å². The van der Waals surface area contributed by atoms with Gasteiger partial charge in [0.15, 0.2) is 11.5 Å². The van der Waals surface area contributed by atoms with E-state index in [9.17, 15) is 54.0 Å². The molecule has 1 aromatic heterocycles.